The number of amides is 2. The van der Waals surface area contributed by atoms with Gasteiger partial charge in [0.05, 0.1) is 11.3 Å². The lowest BCUT2D eigenvalue weighted by atomic mass is 10.1. The molecule has 21 heavy (non-hydrogen) atoms. The second-order valence-electron chi connectivity index (χ2n) is 4.98. The Bertz CT molecular complexity index is 520. The van der Waals surface area contributed by atoms with E-state index in [9.17, 15) is 14.7 Å². The molecular weight excluding hydrogens is 336 g/mol. The van der Waals surface area contributed by atoms with Crippen LogP contribution in [0.25, 0.3) is 0 Å². The first-order chi connectivity index (χ1) is 9.88. The molecule has 1 aromatic rings. The van der Waals surface area contributed by atoms with Crippen molar-refractivity contribution in [3.8, 4) is 0 Å². The molecule has 1 atom stereocenters. The highest BCUT2D eigenvalue weighted by molar-refractivity contribution is 9.10. The molecule has 0 bridgehead atoms. The molecule has 0 saturated carbocycles. The SMILES string of the molecule is CCC(C)CN(CC)C(=O)Nc1ccc(Br)cc1C(=O)O. The number of halogens is 1. The van der Waals surface area contributed by atoms with E-state index in [0.29, 0.717) is 29.2 Å². The molecule has 1 rings (SSSR count). The second-order valence-corrected chi connectivity index (χ2v) is 5.89. The van der Waals surface area contributed by atoms with Crippen LogP contribution in [0.4, 0.5) is 10.5 Å². The third-order valence-corrected chi connectivity index (χ3v) is 3.84. The molecule has 1 unspecified atom stereocenters. The van der Waals surface area contributed by atoms with Gasteiger partial charge in [0, 0.05) is 17.6 Å². The maximum Gasteiger partial charge on any atom is 0.337 e. The number of urea groups is 1. The third kappa shape index (κ3) is 5.04. The van der Waals surface area contributed by atoms with E-state index in [2.05, 4.69) is 35.1 Å². The van der Waals surface area contributed by atoms with Gasteiger partial charge >= 0.3 is 12.0 Å². The van der Waals surface area contributed by atoms with Gasteiger partial charge in [-0.05, 0) is 31.0 Å². The Morgan fingerprint density at radius 1 is 1.38 bits per heavy atom. The summed E-state index contributed by atoms with van der Waals surface area (Å²) in [4.78, 5) is 25.2. The first kappa shape index (κ1) is 17.5. The molecule has 116 valence electrons. The number of hydrogen-bond donors (Lipinski definition) is 2. The zero-order chi connectivity index (χ0) is 16.0. The van der Waals surface area contributed by atoms with Crippen LogP contribution in [0.2, 0.25) is 0 Å². The number of carboxylic acid groups (broad SMARTS) is 1. The summed E-state index contributed by atoms with van der Waals surface area (Å²) in [5, 5.41) is 11.9. The summed E-state index contributed by atoms with van der Waals surface area (Å²) < 4.78 is 0.657. The molecule has 0 aromatic heterocycles. The van der Waals surface area contributed by atoms with E-state index in [4.69, 9.17) is 0 Å². The summed E-state index contributed by atoms with van der Waals surface area (Å²) in [6.45, 7) is 7.29. The lowest BCUT2D eigenvalue weighted by Gasteiger charge is -2.24. The maximum atomic E-state index is 12.3. The highest BCUT2D eigenvalue weighted by atomic mass is 79.9. The Labute approximate surface area is 133 Å². The van der Waals surface area contributed by atoms with Crippen LogP contribution in [-0.4, -0.2) is 35.1 Å². The van der Waals surface area contributed by atoms with Gasteiger partial charge in [-0.1, -0.05) is 36.2 Å². The number of nitrogens with one attached hydrogen (secondary N) is 1. The smallest absolute Gasteiger partial charge is 0.337 e. The summed E-state index contributed by atoms with van der Waals surface area (Å²) in [5.74, 6) is -0.670. The Balaban J connectivity index is 2.89. The summed E-state index contributed by atoms with van der Waals surface area (Å²) in [6.07, 6.45) is 0.989. The van der Waals surface area contributed by atoms with Crippen LogP contribution in [0.3, 0.4) is 0 Å². The topological polar surface area (TPSA) is 69.6 Å². The monoisotopic (exact) mass is 356 g/mol. The zero-order valence-electron chi connectivity index (χ0n) is 12.5. The van der Waals surface area contributed by atoms with Gasteiger partial charge in [0.25, 0.3) is 0 Å². The second kappa shape index (κ2) is 8.02. The Hall–Kier alpha value is -1.56. The van der Waals surface area contributed by atoms with Crippen LogP contribution in [0.1, 0.15) is 37.6 Å². The van der Waals surface area contributed by atoms with Crippen molar-refractivity contribution in [1.82, 2.24) is 4.90 Å². The minimum Gasteiger partial charge on any atom is -0.478 e. The molecule has 0 aliphatic heterocycles. The molecule has 2 N–H and O–H groups in total. The van der Waals surface area contributed by atoms with Gasteiger partial charge in [-0.3, -0.25) is 0 Å². The Morgan fingerprint density at radius 2 is 2.05 bits per heavy atom. The fraction of sp³-hybridized carbons (Fsp3) is 0.467. The van der Waals surface area contributed by atoms with Crippen molar-refractivity contribution >= 4 is 33.6 Å². The molecule has 0 aliphatic carbocycles. The summed E-state index contributed by atoms with van der Waals surface area (Å²) in [6, 6.07) is 4.49. The average molecular weight is 357 g/mol. The summed E-state index contributed by atoms with van der Waals surface area (Å²) >= 11 is 3.23. The lowest BCUT2D eigenvalue weighted by Crippen LogP contribution is -2.38. The predicted octanol–water partition coefficient (Wildman–Crippen LogP) is 4.05. The van der Waals surface area contributed by atoms with Crippen LogP contribution in [0.5, 0.6) is 0 Å². The number of hydrogen-bond acceptors (Lipinski definition) is 2. The molecule has 0 radical (unpaired) electrons. The number of nitrogens with zero attached hydrogens (tertiary/aromatic N) is 1. The van der Waals surface area contributed by atoms with Crippen LogP contribution >= 0.6 is 15.9 Å². The van der Waals surface area contributed by atoms with Gasteiger partial charge in [-0.15, -0.1) is 0 Å². The molecule has 5 nitrogen and oxygen atoms in total. The van der Waals surface area contributed by atoms with Gasteiger partial charge in [-0.2, -0.15) is 0 Å². The molecule has 0 fully saturated rings. The third-order valence-electron chi connectivity index (χ3n) is 3.35. The molecule has 0 heterocycles. The number of anilines is 1. The maximum absolute atomic E-state index is 12.3. The zero-order valence-corrected chi connectivity index (χ0v) is 14.1. The number of rotatable bonds is 6. The quantitative estimate of drug-likeness (QED) is 0.807. The molecule has 2 amide bonds. The molecule has 0 aliphatic rings. The van der Waals surface area contributed by atoms with Crippen LogP contribution < -0.4 is 5.32 Å². The first-order valence-corrected chi connectivity index (χ1v) is 7.77. The van der Waals surface area contributed by atoms with E-state index in [1.54, 1.807) is 17.0 Å². The van der Waals surface area contributed by atoms with Crippen LogP contribution in [0.15, 0.2) is 22.7 Å². The first-order valence-electron chi connectivity index (χ1n) is 6.97. The van der Waals surface area contributed by atoms with Gasteiger partial charge in [-0.25, -0.2) is 9.59 Å². The van der Waals surface area contributed by atoms with E-state index < -0.39 is 5.97 Å². The predicted molar refractivity (Wildman–Crippen MR) is 86.8 cm³/mol. The molecule has 0 saturated heterocycles. The van der Waals surface area contributed by atoms with E-state index in [1.165, 1.54) is 6.07 Å². The number of benzene rings is 1. The largest absolute Gasteiger partial charge is 0.478 e. The van der Waals surface area contributed by atoms with E-state index in [0.717, 1.165) is 6.42 Å². The van der Waals surface area contributed by atoms with Gasteiger partial charge in [0.2, 0.25) is 0 Å². The molecule has 0 spiro atoms. The molecule has 1 aromatic carbocycles. The van der Waals surface area contributed by atoms with Crippen molar-refractivity contribution in [2.75, 3.05) is 18.4 Å². The Kier molecular flexibility index (Phi) is 6.68. The number of carbonyl (C=O) groups excluding carboxylic acids is 1. The van der Waals surface area contributed by atoms with Crippen LogP contribution in [-0.2, 0) is 0 Å². The number of carboxylic acids is 1. The van der Waals surface area contributed by atoms with Crippen molar-refractivity contribution in [3.05, 3.63) is 28.2 Å². The lowest BCUT2D eigenvalue weighted by molar-refractivity contribution is 0.0698. The van der Waals surface area contributed by atoms with Crippen molar-refractivity contribution < 1.29 is 14.7 Å². The van der Waals surface area contributed by atoms with Gasteiger partial charge in [0.1, 0.15) is 0 Å². The standard InChI is InChI=1S/C15H21BrN2O3/c1-4-10(3)9-18(5-2)15(21)17-13-7-6-11(16)8-12(13)14(19)20/h6-8,10H,4-5,9H2,1-3H3,(H,17,21)(H,19,20). The van der Waals surface area contributed by atoms with Crippen LogP contribution in [0, 0.1) is 5.92 Å². The van der Waals surface area contributed by atoms with Crippen molar-refractivity contribution in [2.24, 2.45) is 5.92 Å². The normalized spacial score (nSPS) is 11.8. The average Bonchev–Trinajstić information content (AvgIpc) is 2.45. The molecular formula is C15H21BrN2O3. The highest BCUT2D eigenvalue weighted by Gasteiger charge is 2.17. The summed E-state index contributed by atoms with van der Waals surface area (Å²) in [5.41, 5.74) is 0.371. The fourth-order valence-electron chi connectivity index (χ4n) is 1.86. The Morgan fingerprint density at radius 3 is 2.57 bits per heavy atom. The van der Waals surface area contributed by atoms with Crippen molar-refractivity contribution in [1.29, 1.82) is 0 Å². The van der Waals surface area contributed by atoms with Crippen molar-refractivity contribution in [2.45, 2.75) is 27.2 Å². The summed E-state index contributed by atoms with van der Waals surface area (Å²) in [7, 11) is 0. The fourth-order valence-corrected chi connectivity index (χ4v) is 2.22. The number of aromatic carboxylic acids is 1. The minimum absolute atomic E-state index is 0.0670. The van der Waals surface area contributed by atoms with E-state index in [-0.39, 0.29) is 11.6 Å². The minimum atomic E-state index is -1.07. The van der Waals surface area contributed by atoms with E-state index in [1.807, 2.05) is 6.92 Å². The van der Waals surface area contributed by atoms with Gasteiger partial charge < -0.3 is 15.3 Å². The number of carbonyl (C=O) groups is 2. The van der Waals surface area contributed by atoms with Gasteiger partial charge in [0.15, 0.2) is 0 Å². The van der Waals surface area contributed by atoms with E-state index >= 15 is 0 Å². The molecule has 6 heteroatoms. The highest BCUT2D eigenvalue weighted by Crippen LogP contribution is 2.21. The van der Waals surface area contributed by atoms with Crippen molar-refractivity contribution in [3.63, 3.8) is 0 Å².